The number of aromatic nitrogens is 2. The molecule has 0 spiro atoms. The van der Waals surface area contributed by atoms with E-state index < -0.39 is 5.82 Å². The fourth-order valence-corrected chi connectivity index (χ4v) is 10.0. The number of fused-ring (bicyclic) bond motifs is 5. The van der Waals surface area contributed by atoms with Crippen molar-refractivity contribution in [3.63, 3.8) is 0 Å². The second-order valence-electron chi connectivity index (χ2n) is 17.3. The fraction of sp³-hybridized carbons (Fsp3) is 0.524. The molecule has 272 valence electrons. The van der Waals surface area contributed by atoms with E-state index in [1.165, 1.54) is 6.07 Å². The third-order valence-electron chi connectivity index (χ3n) is 13.0. The summed E-state index contributed by atoms with van der Waals surface area (Å²) in [4.78, 5) is 15.2. The van der Waals surface area contributed by atoms with Gasteiger partial charge in [-0.05, 0) is 72.4 Å². The number of benzene rings is 3. The molecule has 2 bridgehead atoms. The Hall–Kier alpha value is -3.68. The van der Waals surface area contributed by atoms with E-state index in [0.717, 1.165) is 88.4 Å². The second kappa shape index (κ2) is 12.2. The molecule has 1 aromatic heterocycles. The minimum absolute atomic E-state index is 0.0241. The van der Waals surface area contributed by atoms with E-state index in [1.54, 1.807) is 18.2 Å². The van der Waals surface area contributed by atoms with Gasteiger partial charge in [-0.2, -0.15) is 9.97 Å². The van der Waals surface area contributed by atoms with Crippen molar-refractivity contribution in [1.29, 1.82) is 0 Å². The lowest BCUT2D eigenvalue weighted by molar-refractivity contribution is 0.112. The van der Waals surface area contributed by atoms with Crippen LogP contribution in [0.2, 0.25) is 5.02 Å². The summed E-state index contributed by atoms with van der Waals surface area (Å²) in [6.45, 7) is 15.9. The van der Waals surface area contributed by atoms with Gasteiger partial charge in [0.15, 0.2) is 0 Å². The largest absolute Gasteiger partial charge is 0.508 e. The van der Waals surface area contributed by atoms with Crippen molar-refractivity contribution < 1.29 is 19.0 Å². The zero-order valence-electron chi connectivity index (χ0n) is 30.5. The molecule has 4 aliphatic heterocycles. The van der Waals surface area contributed by atoms with Crippen molar-refractivity contribution >= 4 is 39.1 Å². The summed E-state index contributed by atoms with van der Waals surface area (Å²) in [7, 11) is 0. The van der Waals surface area contributed by atoms with Gasteiger partial charge in [-0.25, -0.2) is 4.39 Å². The molecular weight excluding hydrogens is 677 g/mol. The Labute approximate surface area is 310 Å². The molecule has 4 atom stereocenters. The van der Waals surface area contributed by atoms with Crippen LogP contribution in [0, 0.1) is 34.4 Å². The summed E-state index contributed by atoms with van der Waals surface area (Å²) < 4.78 is 27.8. The predicted molar refractivity (Wildman–Crippen MR) is 204 cm³/mol. The number of likely N-dealkylation sites (tertiary alicyclic amines) is 1. The Balaban J connectivity index is 1.15. The summed E-state index contributed by atoms with van der Waals surface area (Å²) >= 11 is 7.53. The topological polar surface area (TPSA) is 83.0 Å². The SMILES string of the molecule is C#Cc1c(F)ccc2cc(O)cc(-c3c(C(C)C)cc4c(N5CC6CCC(C5)N6)nc(OCC5(CN6C[C@]7(C)COC[C@]7(C)C6)CC5)nc4c3Cl)c12. The highest BCUT2D eigenvalue weighted by molar-refractivity contribution is 6.39. The molecular formula is C42H47ClFN5O3. The van der Waals surface area contributed by atoms with Crippen LogP contribution >= 0.6 is 11.6 Å². The first kappa shape index (κ1) is 34.1. The number of piperazine rings is 1. The molecule has 5 aliphatic rings. The van der Waals surface area contributed by atoms with Crippen LogP contribution in [-0.2, 0) is 4.74 Å². The lowest BCUT2D eigenvalue weighted by atomic mass is 9.71. The molecule has 10 heteroatoms. The van der Waals surface area contributed by atoms with Gasteiger partial charge < -0.3 is 29.7 Å². The zero-order valence-corrected chi connectivity index (χ0v) is 31.2. The molecule has 2 unspecified atom stereocenters. The summed E-state index contributed by atoms with van der Waals surface area (Å²) in [5.41, 5.74) is 3.31. The molecule has 4 aromatic rings. The number of ether oxygens (including phenoxy) is 2. The first-order valence-electron chi connectivity index (χ1n) is 18.8. The van der Waals surface area contributed by atoms with Gasteiger partial charge in [-0.1, -0.05) is 51.3 Å². The molecule has 9 rings (SSSR count). The van der Waals surface area contributed by atoms with Crippen LogP contribution < -0.4 is 15.0 Å². The number of aromatic hydroxyl groups is 1. The highest BCUT2D eigenvalue weighted by Crippen LogP contribution is 2.54. The molecule has 8 nitrogen and oxygen atoms in total. The molecule has 4 saturated heterocycles. The predicted octanol–water partition coefficient (Wildman–Crippen LogP) is 7.51. The van der Waals surface area contributed by atoms with Crippen LogP contribution in [0.3, 0.4) is 0 Å². The van der Waals surface area contributed by atoms with Crippen LogP contribution in [0.25, 0.3) is 32.8 Å². The third kappa shape index (κ3) is 5.52. The Bertz CT molecular complexity index is 2140. The van der Waals surface area contributed by atoms with Gasteiger partial charge >= 0.3 is 6.01 Å². The molecule has 1 aliphatic carbocycles. The van der Waals surface area contributed by atoms with Crippen molar-refractivity contribution in [2.24, 2.45) is 16.2 Å². The number of halogens is 2. The van der Waals surface area contributed by atoms with Gasteiger partial charge in [0, 0.05) is 77.4 Å². The third-order valence-corrected chi connectivity index (χ3v) is 13.4. The Kier molecular flexibility index (Phi) is 7.99. The number of anilines is 1. The van der Waals surface area contributed by atoms with E-state index in [0.29, 0.717) is 57.1 Å². The number of terminal acetylenes is 1. The lowest BCUT2D eigenvalue weighted by Gasteiger charge is -2.34. The van der Waals surface area contributed by atoms with Crippen LogP contribution in [0.5, 0.6) is 11.8 Å². The van der Waals surface area contributed by atoms with Crippen molar-refractivity contribution in [1.82, 2.24) is 20.2 Å². The van der Waals surface area contributed by atoms with Gasteiger partial charge in [-0.3, -0.25) is 0 Å². The second-order valence-corrected chi connectivity index (χ2v) is 17.7. The number of hydrogen-bond donors (Lipinski definition) is 2. The van der Waals surface area contributed by atoms with Crippen LogP contribution in [0.15, 0.2) is 30.3 Å². The first-order chi connectivity index (χ1) is 24.9. The fourth-order valence-electron chi connectivity index (χ4n) is 9.67. The van der Waals surface area contributed by atoms with Gasteiger partial charge in [0.05, 0.1) is 35.9 Å². The highest BCUT2D eigenvalue weighted by Gasteiger charge is 2.58. The van der Waals surface area contributed by atoms with E-state index in [2.05, 4.69) is 54.8 Å². The van der Waals surface area contributed by atoms with Crippen molar-refractivity contribution in [2.45, 2.75) is 71.4 Å². The van der Waals surface area contributed by atoms with Gasteiger partial charge in [0.1, 0.15) is 17.4 Å². The molecule has 5 heterocycles. The molecule has 0 amide bonds. The highest BCUT2D eigenvalue weighted by atomic mass is 35.5. The van der Waals surface area contributed by atoms with Gasteiger partial charge in [0.25, 0.3) is 0 Å². The minimum atomic E-state index is -0.499. The van der Waals surface area contributed by atoms with E-state index in [1.807, 2.05) is 0 Å². The quantitative estimate of drug-likeness (QED) is 0.181. The normalized spacial score (nSPS) is 27.8. The number of hydrogen-bond acceptors (Lipinski definition) is 8. The molecule has 0 radical (unpaired) electrons. The molecule has 3 aromatic carbocycles. The van der Waals surface area contributed by atoms with Crippen molar-refractivity contribution in [2.75, 3.05) is 57.4 Å². The number of nitrogens with zero attached hydrogens (tertiary/aromatic N) is 4. The summed E-state index contributed by atoms with van der Waals surface area (Å²) in [6.07, 6.45) is 10.4. The minimum Gasteiger partial charge on any atom is -0.508 e. The summed E-state index contributed by atoms with van der Waals surface area (Å²) in [5.74, 6) is 2.95. The van der Waals surface area contributed by atoms with E-state index in [9.17, 15) is 5.11 Å². The molecule has 52 heavy (non-hydrogen) atoms. The average Bonchev–Trinajstić information content (AvgIpc) is 3.60. The maximum Gasteiger partial charge on any atom is 0.319 e. The van der Waals surface area contributed by atoms with Crippen molar-refractivity contribution in [3.8, 4) is 35.2 Å². The van der Waals surface area contributed by atoms with Crippen LogP contribution in [-0.4, -0.2) is 84.6 Å². The molecule has 2 N–H and O–H groups in total. The van der Waals surface area contributed by atoms with Gasteiger partial charge in [-0.15, -0.1) is 6.42 Å². The summed E-state index contributed by atoms with van der Waals surface area (Å²) in [5, 5.41) is 17.1. The number of phenols is 1. The van der Waals surface area contributed by atoms with E-state index in [4.69, 9.17) is 37.5 Å². The van der Waals surface area contributed by atoms with Crippen LogP contribution in [0.1, 0.15) is 70.4 Å². The Morgan fingerprint density at radius 2 is 1.81 bits per heavy atom. The average molecular weight is 724 g/mol. The number of rotatable bonds is 8. The first-order valence-corrected chi connectivity index (χ1v) is 19.2. The maximum absolute atomic E-state index is 15.2. The number of phenolic OH excluding ortho intramolecular Hbond substituents is 1. The smallest absolute Gasteiger partial charge is 0.319 e. The van der Waals surface area contributed by atoms with Gasteiger partial charge in [0.2, 0.25) is 0 Å². The Morgan fingerprint density at radius 1 is 1.10 bits per heavy atom. The summed E-state index contributed by atoms with van der Waals surface area (Å²) in [6, 6.07) is 9.45. The zero-order chi connectivity index (χ0) is 36.2. The Morgan fingerprint density at radius 3 is 2.46 bits per heavy atom. The molecule has 5 fully saturated rings. The molecule has 1 saturated carbocycles. The van der Waals surface area contributed by atoms with E-state index in [-0.39, 0.29) is 33.5 Å². The van der Waals surface area contributed by atoms with Crippen molar-refractivity contribution in [3.05, 3.63) is 52.3 Å². The standard InChI is InChI=1S/C42H47ClFN5O3/c1-6-29-33(44)10-7-25-13-28(50)14-31(34(25)29)35-30(24(2)3)15-32-37(36(35)43)46-39(47-38(32)49-16-26-8-9-27(17-49)45-26)52-23-42(11-12-42)20-48-18-40(4)21-51-22-41(40,5)19-48/h1,7,10,13-15,24,26-27,45,50H,8-9,11-12,16-23H2,2-5H3/t26?,27?,40-,41+. The number of nitrogens with one attached hydrogen (secondary N) is 1. The van der Waals surface area contributed by atoms with Crippen LogP contribution in [0.4, 0.5) is 10.2 Å². The lowest BCUT2D eigenvalue weighted by Crippen LogP contribution is -2.51. The monoisotopic (exact) mass is 723 g/mol. The van der Waals surface area contributed by atoms with E-state index >= 15 is 4.39 Å². The maximum atomic E-state index is 15.2.